The van der Waals surface area contributed by atoms with E-state index in [0.717, 1.165) is 27.0 Å². The number of urea groups is 1. The van der Waals surface area contributed by atoms with Gasteiger partial charge in [-0.15, -0.1) is 11.3 Å². The van der Waals surface area contributed by atoms with Crippen LogP contribution in [0.25, 0.3) is 0 Å². The van der Waals surface area contributed by atoms with E-state index < -0.39 is 5.54 Å². The second-order valence-corrected chi connectivity index (χ2v) is 6.88. The number of thiazole rings is 1. The number of rotatable bonds is 4. The fraction of sp³-hybridized carbons (Fsp3) is 0.467. The van der Waals surface area contributed by atoms with Crippen LogP contribution in [0, 0.1) is 20.8 Å². The van der Waals surface area contributed by atoms with Crippen molar-refractivity contribution in [1.29, 1.82) is 0 Å². The molecular weight excluding hydrogens is 286 g/mol. The fourth-order valence-corrected chi connectivity index (χ4v) is 2.88. The zero-order valence-corrected chi connectivity index (χ0v) is 13.9. The molecule has 0 unspecified atom stereocenters. The van der Waals surface area contributed by atoms with Gasteiger partial charge in [-0.3, -0.25) is 0 Å². The Morgan fingerprint density at radius 3 is 2.62 bits per heavy atom. The molecule has 2 aromatic rings. The quantitative estimate of drug-likeness (QED) is 0.909. The van der Waals surface area contributed by atoms with Crippen LogP contribution in [-0.2, 0) is 12.1 Å². The van der Waals surface area contributed by atoms with Crippen LogP contribution in [0.2, 0.25) is 0 Å². The van der Waals surface area contributed by atoms with E-state index >= 15 is 0 Å². The largest absolute Gasteiger partial charge is 0.466 e. The minimum atomic E-state index is -0.496. The van der Waals surface area contributed by atoms with Gasteiger partial charge in [0.1, 0.15) is 16.5 Å². The highest BCUT2D eigenvalue weighted by Crippen LogP contribution is 2.24. The molecule has 2 heterocycles. The predicted molar refractivity (Wildman–Crippen MR) is 83.4 cm³/mol. The fourth-order valence-electron chi connectivity index (χ4n) is 2.06. The van der Waals surface area contributed by atoms with Gasteiger partial charge >= 0.3 is 6.03 Å². The number of carbonyl (C=O) groups excluding carboxylic acids is 1. The summed E-state index contributed by atoms with van der Waals surface area (Å²) in [7, 11) is 0. The van der Waals surface area contributed by atoms with E-state index in [-0.39, 0.29) is 6.03 Å². The number of carbonyl (C=O) groups is 1. The molecule has 114 valence electrons. The Labute approximate surface area is 128 Å². The zero-order valence-electron chi connectivity index (χ0n) is 13.0. The molecule has 6 heteroatoms. The maximum Gasteiger partial charge on any atom is 0.315 e. The summed E-state index contributed by atoms with van der Waals surface area (Å²) in [6, 6.07) is 1.72. The second-order valence-electron chi connectivity index (χ2n) is 5.65. The first-order chi connectivity index (χ1) is 9.78. The van der Waals surface area contributed by atoms with E-state index in [4.69, 9.17) is 4.42 Å². The molecule has 2 amide bonds. The lowest BCUT2D eigenvalue weighted by atomic mass is 10.1. The van der Waals surface area contributed by atoms with Gasteiger partial charge in [0.05, 0.1) is 5.54 Å². The normalized spacial score (nSPS) is 11.5. The topological polar surface area (TPSA) is 67.2 Å². The van der Waals surface area contributed by atoms with Crippen LogP contribution in [-0.4, -0.2) is 11.0 Å². The van der Waals surface area contributed by atoms with Gasteiger partial charge in [-0.2, -0.15) is 0 Å². The lowest BCUT2D eigenvalue weighted by molar-refractivity contribution is 0.229. The highest BCUT2D eigenvalue weighted by atomic mass is 32.1. The monoisotopic (exact) mass is 307 g/mol. The summed E-state index contributed by atoms with van der Waals surface area (Å²) in [6.45, 7) is 10.1. The molecule has 0 saturated heterocycles. The van der Waals surface area contributed by atoms with Gasteiger partial charge in [0.2, 0.25) is 0 Å². The zero-order chi connectivity index (χ0) is 15.6. The second kappa shape index (κ2) is 5.89. The first-order valence-electron chi connectivity index (χ1n) is 6.83. The van der Waals surface area contributed by atoms with Crippen LogP contribution in [0.3, 0.4) is 0 Å². The molecule has 0 atom stereocenters. The van der Waals surface area contributed by atoms with Crippen LogP contribution in [0.15, 0.2) is 16.7 Å². The highest BCUT2D eigenvalue weighted by Gasteiger charge is 2.26. The Bertz CT molecular complexity index is 643. The van der Waals surface area contributed by atoms with Gasteiger partial charge in [0, 0.05) is 23.2 Å². The standard InChI is InChI=1S/C15H21N3O2S/c1-9-6-12(11(3)20-9)8-17-14(19)18-15(4,5)13-16-7-10(2)21-13/h6-7H,8H2,1-5H3,(H2,17,18,19). The average molecular weight is 307 g/mol. The Morgan fingerprint density at radius 2 is 2.10 bits per heavy atom. The van der Waals surface area contributed by atoms with Crippen molar-refractivity contribution in [2.45, 2.75) is 46.7 Å². The minimum Gasteiger partial charge on any atom is -0.466 e. The summed E-state index contributed by atoms with van der Waals surface area (Å²) in [6.07, 6.45) is 1.82. The van der Waals surface area contributed by atoms with Gasteiger partial charge in [-0.25, -0.2) is 9.78 Å². The third-order valence-electron chi connectivity index (χ3n) is 3.17. The highest BCUT2D eigenvalue weighted by molar-refractivity contribution is 7.11. The van der Waals surface area contributed by atoms with Crippen LogP contribution in [0.1, 0.15) is 40.8 Å². The van der Waals surface area contributed by atoms with E-state index in [1.54, 1.807) is 11.3 Å². The number of hydrogen-bond acceptors (Lipinski definition) is 4. The van der Waals surface area contributed by atoms with E-state index in [2.05, 4.69) is 15.6 Å². The molecule has 0 aliphatic carbocycles. The molecule has 0 saturated carbocycles. The SMILES string of the molecule is Cc1cc(CNC(=O)NC(C)(C)c2ncc(C)s2)c(C)o1. The van der Waals surface area contributed by atoms with Crippen molar-refractivity contribution in [3.05, 3.63) is 39.2 Å². The third-order valence-corrected chi connectivity index (χ3v) is 4.40. The molecular formula is C15H21N3O2S. The molecule has 5 nitrogen and oxygen atoms in total. The molecule has 2 rings (SSSR count). The molecule has 0 aliphatic rings. The number of nitrogens with one attached hydrogen (secondary N) is 2. The van der Waals surface area contributed by atoms with Crippen LogP contribution in [0.4, 0.5) is 4.79 Å². The summed E-state index contributed by atoms with van der Waals surface area (Å²) in [5, 5.41) is 6.70. The maximum absolute atomic E-state index is 12.1. The molecule has 0 spiro atoms. The molecule has 0 aliphatic heterocycles. The Morgan fingerprint density at radius 1 is 1.38 bits per heavy atom. The predicted octanol–water partition coefficient (Wildman–Crippen LogP) is 3.40. The lowest BCUT2D eigenvalue weighted by Crippen LogP contribution is -2.46. The molecule has 0 fully saturated rings. The molecule has 21 heavy (non-hydrogen) atoms. The van der Waals surface area contributed by atoms with Gasteiger partial charge in [0.25, 0.3) is 0 Å². The Balaban J connectivity index is 1.94. The van der Waals surface area contributed by atoms with Crippen molar-refractivity contribution in [1.82, 2.24) is 15.6 Å². The van der Waals surface area contributed by atoms with Gasteiger partial charge in [-0.05, 0) is 40.7 Å². The smallest absolute Gasteiger partial charge is 0.315 e. The summed E-state index contributed by atoms with van der Waals surface area (Å²) >= 11 is 1.59. The Hall–Kier alpha value is -1.82. The summed E-state index contributed by atoms with van der Waals surface area (Å²) in [5.74, 6) is 1.69. The van der Waals surface area contributed by atoms with E-state index in [1.165, 1.54) is 0 Å². The number of hydrogen-bond donors (Lipinski definition) is 2. The van der Waals surface area contributed by atoms with Crippen LogP contribution >= 0.6 is 11.3 Å². The molecule has 2 aromatic heterocycles. The number of aromatic nitrogens is 1. The number of amides is 2. The third kappa shape index (κ3) is 3.85. The van der Waals surface area contributed by atoms with Crippen LogP contribution in [0.5, 0.6) is 0 Å². The van der Waals surface area contributed by atoms with E-state index in [9.17, 15) is 4.79 Å². The number of nitrogens with zero attached hydrogens (tertiary/aromatic N) is 1. The molecule has 0 radical (unpaired) electrons. The van der Waals surface area contributed by atoms with Crippen molar-refractivity contribution in [3.63, 3.8) is 0 Å². The number of aryl methyl sites for hydroxylation is 3. The molecule has 0 aromatic carbocycles. The minimum absolute atomic E-state index is 0.217. The van der Waals surface area contributed by atoms with Gasteiger partial charge in [-0.1, -0.05) is 0 Å². The maximum atomic E-state index is 12.1. The van der Waals surface area contributed by atoms with Gasteiger partial charge < -0.3 is 15.1 Å². The first-order valence-corrected chi connectivity index (χ1v) is 7.64. The van der Waals surface area contributed by atoms with E-state index in [0.29, 0.717) is 6.54 Å². The average Bonchev–Trinajstić information content (AvgIpc) is 2.93. The van der Waals surface area contributed by atoms with E-state index in [1.807, 2.05) is 46.9 Å². The molecule has 2 N–H and O–H groups in total. The van der Waals surface area contributed by atoms with Crippen molar-refractivity contribution in [2.75, 3.05) is 0 Å². The summed E-state index contributed by atoms with van der Waals surface area (Å²) < 4.78 is 5.44. The number of furan rings is 1. The lowest BCUT2D eigenvalue weighted by Gasteiger charge is -2.24. The van der Waals surface area contributed by atoms with Crippen molar-refractivity contribution >= 4 is 17.4 Å². The molecule has 0 bridgehead atoms. The van der Waals surface area contributed by atoms with Crippen molar-refractivity contribution in [2.24, 2.45) is 0 Å². The van der Waals surface area contributed by atoms with Gasteiger partial charge in [0.15, 0.2) is 0 Å². The van der Waals surface area contributed by atoms with Crippen molar-refractivity contribution in [3.8, 4) is 0 Å². The Kier molecular flexibility index (Phi) is 4.37. The van der Waals surface area contributed by atoms with Crippen molar-refractivity contribution < 1.29 is 9.21 Å². The summed E-state index contributed by atoms with van der Waals surface area (Å²) in [4.78, 5) is 17.5. The first kappa shape index (κ1) is 15.6. The summed E-state index contributed by atoms with van der Waals surface area (Å²) in [5.41, 5.74) is 0.496. The van der Waals surface area contributed by atoms with Crippen LogP contribution < -0.4 is 10.6 Å².